The zero-order valence-corrected chi connectivity index (χ0v) is 24.4. The molecule has 240 valence electrons. The minimum Gasteiger partial charge on any atom is -0.496 e. The van der Waals surface area contributed by atoms with Gasteiger partial charge in [0.25, 0.3) is 15.7 Å². The predicted octanol–water partition coefficient (Wildman–Crippen LogP) is 3.92. The summed E-state index contributed by atoms with van der Waals surface area (Å²) in [6.45, 7) is 1.37. The number of ether oxygens (including phenoxy) is 3. The molecule has 0 aromatic heterocycles. The van der Waals surface area contributed by atoms with Gasteiger partial charge in [0.15, 0.2) is 11.6 Å². The molecule has 0 bridgehead atoms. The Kier molecular flexibility index (Phi) is 9.44. The summed E-state index contributed by atoms with van der Waals surface area (Å²) < 4.78 is 93.5. The average Bonchev–Trinajstić information content (AvgIpc) is 3.42. The number of halogens is 4. The summed E-state index contributed by atoms with van der Waals surface area (Å²) >= 11 is 0. The first-order valence-corrected chi connectivity index (χ1v) is 14.9. The highest BCUT2D eigenvalue weighted by Gasteiger charge is 2.47. The molecule has 1 unspecified atom stereocenters. The lowest BCUT2D eigenvalue weighted by molar-refractivity contribution is -0.150. The number of carboxylic acids is 1. The number of anilines is 1. The van der Waals surface area contributed by atoms with Gasteiger partial charge in [-0.1, -0.05) is 6.07 Å². The number of benzene rings is 2. The Morgan fingerprint density at radius 3 is 2.36 bits per heavy atom. The minimum absolute atomic E-state index is 0.108. The molecule has 0 spiro atoms. The van der Waals surface area contributed by atoms with Gasteiger partial charge in [-0.15, -0.1) is 0 Å². The molecule has 4 rings (SSSR count). The second kappa shape index (κ2) is 12.6. The van der Waals surface area contributed by atoms with Gasteiger partial charge >= 0.3 is 11.5 Å². The van der Waals surface area contributed by atoms with Crippen molar-refractivity contribution in [3.8, 4) is 11.5 Å². The summed E-state index contributed by atoms with van der Waals surface area (Å²) in [6, 6.07) is 4.85. The normalized spacial score (nSPS) is 23.9. The average molecular weight is 647 g/mol. The first-order chi connectivity index (χ1) is 20.6. The van der Waals surface area contributed by atoms with E-state index in [1.54, 1.807) is 6.92 Å². The number of hydrogen-bond acceptors (Lipinski definition) is 8. The van der Waals surface area contributed by atoms with E-state index >= 15 is 0 Å². The second-order valence-electron chi connectivity index (χ2n) is 10.9. The van der Waals surface area contributed by atoms with Crippen LogP contribution in [0, 0.1) is 17.2 Å². The van der Waals surface area contributed by atoms with Crippen molar-refractivity contribution >= 4 is 33.3 Å². The van der Waals surface area contributed by atoms with Crippen molar-refractivity contribution in [1.29, 1.82) is 0 Å². The molecule has 1 saturated heterocycles. The van der Waals surface area contributed by atoms with Crippen molar-refractivity contribution < 1.29 is 59.7 Å². The van der Waals surface area contributed by atoms with Crippen LogP contribution >= 0.6 is 0 Å². The molecule has 2 amide bonds. The number of hydrogen-bond donors (Lipinski definition) is 3. The number of aliphatic carboxylic acids is 1. The lowest BCUT2D eigenvalue weighted by atomic mass is 9.75. The van der Waals surface area contributed by atoms with Crippen LogP contribution < -0.4 is 20.1 Å². The molecule has 2 fully saturated rings. The van der Waals surface area contributed by atoms with Crippen LogP contribution in [0.4, 0.5) is 23.2 Å². The van der Waals surface area contributed by atoms with Crippen LogP contribution in [0.1, 0.15) is 43.0 Å². The van der Waals surface area contributed by atoms with Gasteiger partial charge < -0.3 is 30.0 Å². The minimum atomic E-state index is -5.65. The highest BCUT2D eigenvalue weighted by Crippen LogP contribution is 2.39. The van der Waals surface area contributed by atoms with Crippen molar-refractivity contribution in [2.75, 3.05) is 25.6 Å². The van der Waals surface area contributed by atoms with Gasteiger partial charge in [-0.3, -0.25) is 14.4 Å². The fourth-order valence-corrected chi connectivity index (χ4v) is 5.83. The molecule has 44 heavy (non-hydrogen) atoms. The fraction of sp³-hybridized carbons (Fsp3) is 0.464. The molecule has 0 radical (unpaired) electrons. The Hall–Kier alpha value is -3.92. The van der Waals surface area contributed by atoms with E-state index in [1.165, 1.54) is 13.2 Å². The van der Waals surface area contributed by atoms with Crippen LogP contribution in [0.25, 0.3) is 0 Å². The molecule has 1 heterocycles. The van der Waals surface area contributed by atoms with Crippen molar-refractivity contribution in [2.24, 2.45) is 11.3 Å². The number of rotatable bonds is 9. The van der Waals surface area contributed by atoms with E-state index in [0.717, 1.165) is 24.3 Å². The fourth-order valence-electron chi connectivity index (χ4n) is 5.02. The zero-order valence-electron chi connectivity index (χ0n) is 23.6. The van der Waals surface area contributed by atoms with Gasteiger partial charge in [0.2, 0.25) is 5.91 Å². The largest absolute Gasteiger partial charge is 0.501 e. The van der Waals surface area contributed by atoms with Gasteiger partial charge in [0, 0.05) is 11.8 Å². The number of carbonyl (C=O) groups excluding carboxylic acids is 2. The van der Waals surface area contributed by atoms with Gasteiger partial charge in [-0.25, -0.2) is 12.8 Å². The molecule has 3 N–H and O–H groups in total. The van der Waals surface area contributed by atoms with Crippen molar-refractivity contribution in [1.82, 2.24) is 5.32 Å². The Labute approximate surface area is 249 Å². The molecule has 1 aliphatic heterocycles. The Balaban J connectivity index is 1.46. The van der Waals surface area contributed by atoms with Crippen molar-refractivity contribution in [3.63, 3.8) is 0 Å². The Morgan fingerprint density at radius 2 is 1.75 bits per heavy atom. The van der Waals surface area contributed by atoms with Gasteiger partial charge in [0.1, 0.15) is 5.75 Å². The lowest BCUT2D eigenvalue weighted by Gasteiger charge is -2.34. The third kappa shape index (κ3) is 6.90. The molecule has 1 saturated carbocycles. The lowest BCUT2D eigenvalue weighted by Crippen LogP contribution is -2.44. The van der Waals surface area contributed by atoms with Crippen molar-refractivity contribution in [2.45, 2.75) is 55.2 Å². The zero-order chi connectivity index (χ0) is 32.4. The van der Waals surface area contributed by atoms with Crippen LogP contribution in [0.5, 0.6) is 11.5 Å². The van der Waals surface area contributed by atoms with Gasteiger partial charge in [-0.05, 0) is 56.9 Å². The highest BCUT2D eigenvalue weighted by molar-refractivity contribution is 7.92. The standard InChI is InChI=1S/C28H30F4N2O9S/c1-27(26(37)38)8-6-16(7-9-27)43-23-11-18(22(41-2)12-20(23)29)24(35)34-21-14-42-13-19(21)25(36)33-15-4-3-5-17(10-15)44(39,40)28(30,31)32/h3-5,10-12,16,19,21H,6-9,13-14H2,1-2H3,(H,33,36)(H,34,35)(H,37,38)/t16-,19-,21?,27+/m1/s1. The summed E-state index contributed by atoms with van der Waals surface area (Å²) in [5.74, 6) is -4.63. The summed E-state index contributed by atoms with van der Waals surface area (Å²) in [5, 5.41) is 14.4. The SMILES string of the molecule is COc1cc(F)c(O[C@H]2CC[C@@](C)(C(=O)O)CC2)cc1C(=O)NC1COC[C@H]1C(=O)Nc1cccc(S(=O)(=O)C(F)(F)F)c1. The second-order valence-corrected chi connectivity index (χ2v) is 12.8. The van der Waals surface area contributed by atoms with Crippen molar-refractivity contribution in [3.05, 3.63) is 47.8 Å². The molecule has 1 aliphatic carbocycles. The quantitative estimate of drug-likeness (QED) is 0.344. The monoisotopic (exact) mass is 646 g/mol. The molecule has 11 nitrogen and oxygen atoms in total. The molecular weight excluding hydrogens is 616 g/mol. The smallest absolute Gasteiger partial charge is 0.496 e. The molecular formula is C28H30F4N2O9S. The molecule has 2 aliphatic rings. The van der Waals surface area contributed by atoms with Crippen LogP contribution in [0.2, 0.25) is 0 Å². The van der Waals surface area contributed by atoms with E-state index in [9.17, 15) is 45.5 Å². The van der Waals surface area contributed by atoms with E-state index in [1.807, 2.05) is 0 Å². The van der Waals surface area contributed by atoms with Crippen LogP contribution in [0.3, 0.4) is 0 Å². The van der Waals surface area contributed by atoms with Gasteiger partial charge in [-0.2, -0.15) is 13.2 Å². The number of sulfone groups is 1. The summed E-state index contributed by atoms with van der Waals surface area (Å²) in [5.41, 5.74) is -6.77. The van der Waals surface area contributed by atoms with Gasteiger partial charge in [0.05, 0.1) is 54.3 Å². The number of carboxylic acid groups (broad SMARTS) is 1. The molecule has 2 atom stereocenters. The Bertz CT molecular complexity index is 1540. The van der Waals surface area contributed by atoms with E-state index in [-0.39, 0.29) is 36.0 Å². The maximum Gasteiger partial charge on any atom is 0.501 e. The van der Waals surface area contributed by atoms with Crippen LogP contribution in [-0.4, -0.2) is 69.3 Å². The molecule has 2 aromatic carbocycles. The van der Waals surface area contributed by atoms with E-state index in [0.29, 0.717) is 31.7 Å². The Morgan fingerprint density at radius 1 is 1.07 bits per heavy atom. The maximum atomic E-state index is 14.9. The molecule has 16 heteroatoms. The third-order valence-electron chi connectivity index (χ3n) is 7.80. The van der Waals surface area contributed by atoms with E-state index in [4.69, 9.17) is 14.2 Å². The van der Waals surface area contributed by atoms with E-state index < -0.39 is 67.3 Å². The van der Waals surface area contributed by atoms with E-state index in [2.05, 4.69) is 10.6 Å². The maximum absolute atomic E-state index is 14.9. The first kappa shape index (κ1) is 33.0. The van der Waals surface area contributed by atoms with Crippen LogP contribution in [0.15, 0.2) is 41.3 Å². The number of nitrogens with one attached hydrogen (secondary N) is 2. The first-order valence-electron chi connectivity index (χ1n) is 13.4. The van der Waals surface area contributed by atoms with Crippen LogP contribution in [-0.2, 0) is 24.2 Å². The summed E-state index contributed by atoms with van der Waals surface area (Å²) in [6.07, 6.45) is 0.882. The summed E-state index contributed by atoms with van der Waals surface area (Å²) in [7, 11) is -4.42. The highest BCUT2D eigenvalue weighted by atomic mass is 32.2. The number of carbonyl (C=O) groups is 3. The summed E-state index contributed by atoms with van der Waals surface area (Å²) in [4.78, 5) is 36.7. The topological polar surface area (TPSA) is 157 Å². The number of alkyl halides is 3. The predicted molar refractivity (Wildman–Crippen MR) is 145 cm³/mol. The number of methoxy groups -OCH3 is 1. The molecule has 2 aromatic rings. The number of amides is 2. The third-order valence-corrected chi connectivity index (χ3v) is 9.28.